The zero-order chi connectivity index (χ0) is 9.26. The van der Waals surface area contributed by atoms with Gasteiger partial charge in [0.15, 0.2) is 5.82 Å². The highest BCUT2D eigenvalue weighted by Crippen LogP contribution is 2.15. The summed E-state index contributed by atoms with van der Waals surface area (Å²) in [5.74, 6) is 1.30. The first-order valence-corrected chi connectivity index (χ1v) is 4.46. The Morgan fingerprint density at radius 1 is 1.62 bits per heavy atom. The Morgan fingerprint density at radius 2 is 2.46 bits per heavy atom. The summed E-state index contributed by atoms with van der Waals surface area (Å²) in [7, 11) is 0. The highest BCUT2D eigenvalue weighted by Gasteiger charge is 2.26. The summed E-state index contributed by atoms with van der Waals surface area (Å²) in [4.78, 5) is 2.25. The van der Waals surface area contributed by atoms with Gasteiger partial charge in [-0.25, -0.2) is 0 Å². The first kappa shape index (κ1) is 8.58. The normalized spacial score (nSPS) is 29.7. The van der Waals surface area contributed by atoms with Crippen LogP contribution in [-0.2, 0) is 6.54 Å². The van der Waals surface area contributed by atoms with Crippen LogP contribution in [0.15, 0.2) is 0 Å². The summed E-state index contributed by atoms with van der Waals surface area (Å²) >= 11 is 0. The maximum absolute atomic E-state index is 5.89. The van der Waals surface area contributed by atoms with Crippen LogP contribution in [0, 0.1) is 5.92 Å². The molecule has 1 fully saturated rings. The van der Waals surface area contributed by atoms with Crippen molar-refractivity contribution in [1.29, 1.82) is 0 Å². The number of rotatable bonds is 2. The van der Waals surface area contributed by atoms with Gasteiger partial charge in [-0.1, -0.05) is 12.1 Å². The molecule has 0 spiro atoms. The molecule has 2 atom stereocenters. The van der Waals surface area contributed by atoms with E-state index in [1.807, 2.05) is 0 Å². The Balaban J connectivity index is 1.91. The van der Waals surface area contributed by atoms with Crippen molar-refractivity contribution in [3.8, 4) is 0 Å². The van der Waals surface area contributed by atoms with E-state index in [0.29, 0.717) is 5.92 Å². The lowest BCUT2D eigenvalue weighted by Crippen LogP contribution is -2.28. The molecule has 6 heteroatoms. The predicted octanol–water partition coefficient (Wildman–Crippen LogP) is -1.02. The van der Waals surface area contributed by atoms with E-state index < -0.39 is 0 Å². The number of aromatic nitrogens is 4. The zero-order valence-electron chi connectivity index (χ0n) is 7.64. The van der Waals surface area contributed by atoms with Crippen molar-refractivity contribution >= 4 is 0 Å². The first-order chi connectivity index (χ1) is 6.25. The SMILES string of the molecule is CC1CN(Cc2nn[nH]n2)CC1N. The topological polar surface area (TPSA) is 83.7 Å². The van der Waals surface area contributed by atoms with E-state index in [-0.39, 0.29) is 6.04 Å². The summed E-state index contributed by atoms with van der Waals surface area (Å²) in [6.45, 7) is 4.86. The molecule has 0 radical (unpaired) electrons. The molecule has 0 amide bonds. The van der Waals surface area contributed by atoms with E-state index in [4.69, 9.17) is 5.73 Å². The Hall–Kier alpha value is -1.01. The number of aromatic amines is 1. The van der Waals surface area contributed by atoms with Gasteiger partial charge in [0, 0.05) is 19.1 Å². The van der Waals surface area contributed by atoms with Crippen LogP contribution in [0.5, 0.6) is 0 Å². The number of nitrogens with zero attached hydrogens (tertiary/aromatic N) is 4. The first-order valence-electron chi connectivity index (χ1n) is 4.46. The minimum atomic E-state index is 0.284. The molecular weight excluding hydrogens is 168 g/mol. The van der Waals surface area contributed by atoms with E-state index in [1.54, 1.807) is 0 Å². The highest BCUT2D eigenvalue weighted by molar-refractivity contribution is 4.87. The highest BCUT2D eigenvalue weighted by atomic mass is 15.5. The standard InChI is InChI=1S/C7H14N6/c1-5-2-13(3-6(5)8)4-7-9-11-12-10-7/h5-6H,2-4,8H2,1H3,(H,9,10,11,12). The number of tetrazole rings is 1. The Morgan fingerprint density at radius 3 is 3.00 bits per heavy atom. The lowest BCUT2D eigenvalue weighted by atomic mass is 10.1. The predicted molar refractivity (Wildman–Crippen MR) is 46.6 cm³/mol. The smallest absolute Gasteiger partial charge is 0.188 e. The molecule has 1 aliphatic rings. The summed E-state index contributed by atoms with van der Waals surface area (Å²) in [5, 5.41) is 13.7. The second-order valence-electron chi connectivity index (χ2n) is 3.66. The van der Waals surface area contributed by atoms with Gasteiger partial charge in [-0.05, 0) is 5.92 Å². The Kier molecular flexibility index (Phi) is 2.24. The van der Waals surface area contributed by atoms with Crippen LogP contribution in [0.25, 0.3) is 0 Å². The molecule has 2 rings (SSSR count). The fourth-order valence-electron chi connectivity index (χ4n) is 1.67. The Bertz CT molecular complexity index is 248. The lowest BCUT2D eigenvalue weighted by Gasteiger charge is -2.11. The summed E-state index contributed by atoms with van der Waals surface area (Å²) < 4.78 is 0. The van der Waals surface area contributed by atoms with Crippen molar-refractivity contribution in [2.45, 2.75) is 19.5 Å². The molecule has 3 N–H and O–H groups in total. The Labute approximate surface area is 76.5 Å². The van der Waals surface area contributed by atoms with Gasteiger partial charge in [0.25, 0.3) is 0 Å². The van der Waals surface area contributed by atoms with Crippen LogP contribution in [0.4, 0.5) is 0 Å². The van der Waals surface area contributed by atoms with Crippen molar-refractivity contribution in [3.63, 3.8) is 0 Å². The largest absolute Gasteiger partial charge is 0.326 e. The maximum atomic E-state index is 5.89. The van der Waals surface area contributed by atoms with E-state index in [0.717, 1.165) is 25.5 Å². The van der Waals surface area contributed by atoms with Crippen LogP contribution >= 0.6 is 0 Å². The van der Waals surface area contributed by atoms with Crippen LogP contribution in [0.3, 0.4) is 0 Å². The van der Waals surface area contributed by atoms with Crippen molar-refractivity contribution in [1.82, 2.24) is 25.5 Å². The van der Waals surface area contributed by atoms with Gasteiger partial charge in [-0.15, -0.1) is 10.2 Å². The molecule has 1 aromatic rings. The third-order valence-electron chi connectivity index (χ3n) is 2.50. The third-order valence-corrected chi connectivity index (χ3v) is 2.50. The number of likely N-dealkylation sites (tertiary alicyclic amines) is 1. The van der Waals surface area contributed by atoms with Crippen LogP contribution in [0.1, 0.15) is 12.7 Å². The minimum absolute atomic E-state index is 0.284. The van der Waals surface area contributed by atoms with Crippen molar-refractivity contribution < 1.29 is 0 Å². The molecule has 2 unspecified atom stereocenters. The lowest BCUT2D eigenvalue weighted by molar-refractivity contribution is 0.310. The molecule has 0 aliphatic carbocycles. The average molecular weight is 182 g/mol. The van der Waals surface area contributed by atoms with Gasteiger partial charge in [0.05, 0.1) is 6.54 Å². The summed E-state index contributed by atoms with van der Waals surface area (Å²) in [6.07, 6.45) is 0. The van der Waals surface area contributed by atoms with Gasteiger partial charge >= 0.3 is 0 Å². The fourth-order valence-corrected chi connectivity index (χ4v) is 1.67. The van der Waals surface area contributed by atoms with Gasteiger partial charge < -0.3 is 5.73 Å². The van der Waals surface area contributed by atoms with Crippen molar-refractivity contribution in [3.05, 3.63) is 5.82 Å². The number of H-pyrrole nitrogens is 1. The van der Waals surface area contributed by atoms with Crippen molar-refractivity contribution in [2.24, 2.45) is 11.7 Å². The number of hydrogen-bond acceptors (Lipinski definition) is 5. The molecule has 1 aliphatic heterocycles. The molecule has 1 aromatic heterocycles. The third kappa shape index (κ3) is 1.84. The number of hydrogen-bond donors (Lipinski definition) is 2. The quantitative estimate of drug-likeness (QED) is 0.611. The molecule has 0 aromatic carbocycles. The van der Waals surface area contributed by atoms with Crippen LogP contribution < -0.4 is 5.73 Å². The molecule has 1 saturated heterocycles. The second-order valence-corrected chi connectivity index (χ2v) is 3.66. The zero-order valence-corrected chi connectivity index (χ0v) is 7.64. The van der Waals surface area contributed by atoms with Crippen LogP contribution in [0.2, 0.25) is 0 Å². The van der Waals surface area contributed by atoms with Gasteiger partial charge in [-0.3, -0.25) is 4.90 Å². The van der Waals surface area contributed by atoms with Crippen molar-refractivity contribution in [2.75, 3.05) is 13.1 Å². The molecule has 6 nitrogen and oxygen atoms in total. The molecular formula is C7H14N6. The molecule has 0 bridgehead atoms. The molecule has 13 heavy (non-hydrogen) atoms. The molecule has 0 saturated carbocycles. The molecule has 2 heterocycles. The van der Waals surface area contributed by atoms with Crippen LogP contribution in [-0.4, -0.2) is 44.7 Å². The summed E-state index contributed by atoms with van der Waals surface area (Å²) in [6, 6.07) is 0.284. The number of nitrogens with two attached hydrogens (primary N) is 1. The minimum Gasteiger partial charge on any atom is -0.326 e. The van der Waals surface area contributed by atoms with Gasteiger partial charge in [-0.2, -0.15) is 5.21 Å². The fraction of sp³-hybridized carbons (Fsp3) is 0.857. The van der Waals surface area contributed by atoms with Gasteiger partial charge in [0.1, 0.15) is 0 Å². The monoisotopic (exact) mass is 182 g/mol. The maximum Gasteiger partial charge on any atom is 0.188 e. The van der Waals surface area contributed by atoms with E-state index in [9.17, 15) is 0 Å². The summed E-state index contributed by atoms with van der Waals surface area (Å²) in [5.41, 5.74) is 5.89. The van der Waals surface area contributed by atoms with E-state index in [2.05, 4.69) is 32.4 Å². The van der Waals surface area contributed by atoms with Gasteiger partial charge in [0.2, 0.25) is 0 Å². The average Bonchev–Trinajstić information content (AvgIpc) is 2.64. The van der Waals surface area contributed by atoms with E-state index >= 15 is 0 Å². The van der Waals surface area contributed by atoms with E-state index in [1.165, 1.54) is 0 Å². The second kappa shape index (κ2) is 3.39. The molecule has 72 valence electrons. The number of nitrogens with one attached hydrogen (secondary N) is 1.